The third kappa shape index (κ3) is 5.92. The van der Waals surface area contributed by atoms with Crippen LogP contribution in [0.4, 0.5) is 0 Å². The maximum absolute atomic E-state index is 12.0. The van der Waals surface area contributed by atoms with E-state index in [-0.39, 0.29) is 10.7 Å². The minimum absolute atomic E-state index is 0.140. The quantitative estimate of drug-likeness (QED) is 0.680. The average Bonchev–Trinajstić information content (AvgIpc) is 2.45. The maximum Gasteiger partial charge on any atom is 0.222 e. The molecule has 5 heteroatoms. The van der Waals surface area contributed by atoms with Crippen LogP contribution in [0.5, 0.6) is 5.75 Å². The Morgan fingerprint density at radius 2 is 1.95 bits per heavy atom. The molecule has 112 valence electrons. The van der Waals surface area contributed by atoms with E-state index in [0.29, 0.717) is 19.6 Å². The molecule has 0 aliphatic heterocycles. The van der Waals surface area contributed by atoms with Crippen LogP contribution in [0.1, 0.15) is 12.0 Å². The molecule has 0 aromatic heterocycles. The molecule has 1 aromatic carbocycles. The standard InChI is InChI=1S/C15H22BrNO3/c1-17(10-13(16)11-19-2)15(18)9-6-12-4-7-14(20-3)8-5-12/h4-5,7-8,13H,6,9-11H2,1-3H3. The minimum atomic E-state index is 0.140. The second kappa shape index (κ2) is 8.97. The third-order valence-electron chi connectivity index (χ3n) is 3.03. The first-order valence-electron chi connectivity index (χ1n) is 6.56. The van der Waals surface area contributed by atoms with E-state index in [1.54, 1.807) is 19.1 Å². The molecule has 0 fully saturated rings. The molecular weight excluding hydrogens is 322 g/mol. The molecule has 20 heavy (non-hydrogen) atoms. The predicted octanol–water partition coefficient (Wildman–Crippen LogP) is 2.50. The highest BCUT2D eigenvalue weighted by atomic mass is 79.9. The maximum atomic E-state index is 12.0. The number of ether oxygens (including phenoxy) is 2. The highest BCUT2D eigenvalue weighted by Gasteiger charge is 2.13. The summed E-state index contributed by atoms with van der Waals surface area (Å²) in [4.78, 5) is 13.9. The fourth-order valence-corrected chi connectivity index (χ4v) is 2.57. The van der Waals surface area contributed by atoms with Crippen molar-refractivity contribution in [2.24, 2.45) is 0 Å². The Hall–Kier alpha value is -1.07. The van der Waals surface area contributed by atoms with Crippen molar-refractivity contribution in [2.45, 2.75) is 17.7 Å². The molecule has 0 heterocycles. The van der Waals surface area contributed by atoms with Crippen molar-refractivity contribution in [1.29, 1.82) is 0 Å². The molecule has 0 spiro atoms. The van der Waals surface area contributed by atoms with E-state index in [9.17, 15) is 4.79 Å². The molecule has 1 atom stereocenters. The van der Waals surface area contributed by atoms with Gasteiger partial charge in [0.25, 0.3) is 0 Å². The Morgan fingerprint density at radius 1 is 1.30 bits per heavy atom. The lowest BCUT2D eigenvalue weighted by Crippen LogP contribution is -2.33. The molecule has 0 saturated heterocycles. The molecule has 0 N–H and O–H groups in total. The molecule has 1 unspecified atom stereocenters. The number of rotatable bonds is 8. The summed E-state index contributed by atoms with van der Waals surface area (Å²) in [6, 6.07) is 7.81. The first-order chi connectivity index (χ1) is 9.56. The normalized spacial score (nSPS) is 12.0. The number of aryl methyl sites for hydroxylation is 1. The summed E-state index contributed by atoms with van der Waals surface area (Å²) in [5.74, 6) is 0.972. The summed E-state index contributed by atoms with van der Waals surface area (Å²) in [5.41, 5.74) is 1.14. The van der Waals surface area contributed by atoms with E-state index in [1.807, 2.05) is 31.3 Å². The Morgan fingerprint density at radius 3 is 2.50 bits per heavy atom. The molecule has 1 aromatic rings. The van der Waals surface area contributed by atoms with Crippen molar-refractivity contribution in [2.75, 3.05) is 34.4 Å². The van der Waals surface area contributed by atoms with E-state index in [1.165, 1.54) is 0 Å². The van der Waals surface area contributed by atoms with Crippen LogP contribution in [0.15, 0.2) is 24.3 Å². The summed E-state index contributed by atoms with van der Waals surface area (Å²) in [7, 11) is 5.12. The Bertz CT molecular complexity index is 408. The van der Waals surface area contributed by atoms with Gasteiger partial charge in [-0.15, -0.1) is 0 Å². The fourth-order valence-electron chi connectivity index (χ4n) is 1.87. The van der Waals surface area contributed by atoms with Gasteiger partial charge in [0.1, 0.15) is 5.75 Å². The van der Waals surface area contributed by atoms with Crippen molar-refractivity contribution >= 4 is 21.8 Å². The summed E-state index contributed by atoms with van der Waals surface area (Å²) in [5, 5.41) is 0. The van der Waals surface area contributed by atoms with Crippen LogP contribution in [0.3, 0.4) is 0 Å². The van der Waals surface area contributed by atoms with E-state index in [2.05, 4.69) is 15.9 Å². The van der Waals surface area contributed by atoms with Crippen LogP contribution >= 0.6 is 15.9 Å². The van der Waals surface area contributed by atoms with E-state index in [4.69, 9.17) is 9.47 Å². The zero-order valence-electron chi connectivity index (χ0n) is 12.3. The first-order valence-corrected chi connectivity index (χ1v) is 7.48. The molecule has 1 rings (SSSR count). The van der Waals surface area contributed by atoms with Crippen molar-refractivity contribution < 1.29 is 14.3 Å². The molecule has 4 nitrogen and oxygen atoms in total. The number of nitrogens with zero attached hydrogens (tertiary/aromatic N) is 1. The van der Waals surface area contributed by atoms with Crippen LogP contribution in [0.2, 0.25) is 0 Å². The highest BCUT2D eigenvalue weighted by molar-refractivity contribution is 9.09. The van der Waals surface area contributed by atoms with Gasteiger partial charge in [0.2, 0.25) is 5.91 Å². The number of carbonyl (C=O) groups is 1. The van der Waals surface area contributed by atoms with Crippen LogP contribution in [0.25, 0.3) is 0 Å². The molecule has 0 aliphatic rings. The zero-order valence-corrected chi connectivity index (χ0v) is 13.9. The molecule has 0 aliphatic carbocycles. The highest BCUT2D eigenvalue weighted by Crippen LogP contribution is 2.13. The van der Waals surface area contributed by atoms with Crippen molar-refractivity contribution in [1.82, 2.24) is 4.90 Å². The molecule has 1 amide bonds. The van der Waals surface area contributed by atoms with Crippen LogP contribution in [0, 0.1) is 0 Å². The van der Waals surface area contributed by atoms with Gasteiger partial charge in [-0.3, -0.25) is 4.79 Å². The van der Waals surface area contributed by atoms with Gasteiger partial charge in [0.05, 0.1) is 18.5 Å². The monoisotopic (exact) mass is 343 g/mol. The molecular formula is C15H22BrNO3. The SMILES string of the molecule is COCC(Br)CN(C)C(=O)CCc1ccc(OC)cc1. The third-order valence-corrected chi connectivity index (χ3v) is 3.59. The Balaban J connectivity index is 2.37. The lowest BCUT2D eigenvalue weighted by Gasteiger charge is -2.20. The smallest absolute Gasteiger partial charge is 0.222 e. The zero-order chi connectivity index (χ0) is 15.0. The van der Waals surface area contributed by atoms with E-state index < -0.39 is 0 Å². The summed E-state index contributed by atoms with van der Waals surface area (Å²) < 4.78 is 10.1. The topological polar surface area (TPSA) is 38.8 Å². The van der Waals surface area contributed by atoms with Crippen LogP contribution < -0.4 is 4.74 Å². The number of hydrogen-bond acceptors (Lipinski definition) is 3. The van der Waals surface area contributed by atoms with Gasteiger partial charge in [0, 0.05) is 27.1 Å². The average molecular weight is 344 g/mol. The molecule has 0 bridgehead atoms. The van der Waals surface area contributed by atoms with E-state index in [0.717, 1.165) is 17.7 Å². The number of methoxy groups -OCH3 is 2. The number of carbonyl (C=O) groups excluding carboxylic acids is 1. The van der Waals surface area contributed by atoms with Gasteiger partial charge in [-0.2, -0.15) is 0 Å². The van der Waals surface area contributed by atoms with Gasteiger partial charge in [-0.1, -0.05) is 28.1 Å². The lowest BCUT2D eigenvalue weighted by molar-refractivity contribution is -0.129. The number of halogens is 1. The second-order valence-electron chi connectivity index (χ2n) is 4.67. The number of benzene rings is 1. The first kappa shape index (κ1) is 17.0. The predicted molar refractivity (Wildman–Crippen MR) is 83.5 cm³/mol. The Kier molecular flexibility index (Phi) is 7.62. The minimum Gasteiger partial charge on any atom is -0.497 e. The molecule has 0 radical (unpaired) electrons. The van der Waals surface area contributed by atoms with Crippen molar-refractivity contribution in [3.05, 3.63) is 29.8 Å². The van der Waals surface area contributed by atoms with Gasteiger partial charge < -0.3 is 14.4 Å². The van der Waals surface area contributed by atoms with Gasteiger partial charge in [-0.25, -0.2) is 0 Å². The number of hydrogen-bond donors (Lipinski definition) is 0. The summed E-state index contributed by atoms with van der Waals surface area (Å²) >= 11 is 3.49. The largest absolute Gasteiger partial charge is 0.497 e. The Labute approximate surface area is 129 Å². The van der Waals surface area contributed by atoms with Crippen molar-refractivity contribution in [3.8, 4) is 5.75 Å². The molecule has 0 saturated carbocycles. The van der Waals surface area contributed by atoms with E-state index >= 15 is 0 Å². The fraction of sp³-hybridized carbons (Fsp3) is 0.533. The van der Waals surface area contributed by atoms with Gasteiger partial charge >= 0.3 is 0 Å². The number of amides is 1. The number of alkyl halides is 1. The second-order valence-corrected chi connectivity index (χ2v) is 5.97. The van der Waals surface area contributed by atoms with Crippen LogP contribution in [-0.2, 0) is 16.0 Å². The summed E-state index contributed by atoms with van der Waals surface area (Å²) in [6.45, 7) is 1.24. The summed E-state index contributed by atoms with van der Waals surface area (Å²) in [6.07, 6.45) is 1.25. The van der Waals surface area contributed by atoms with Crippen LogP contribution in [-0.4, -0.2) is 50.1 Å². The van der Waals surface area contributed by atoms with Gasteiger partial charge in [-0.05, 0) is 24.1 Å². The lowest BCUT2D eigenvalue weighted by atomic mass is 10.1. The van der Waals surface area contributed by atoms with Crippen molar-refractivity contribution in [3.63, 3.8) is 0 Å². The van der Waals surface area contributed by atoms with Gasteiger partial charge in [0.15, 0.2) is 0 Å².